The van der Waals surface area contributed by atoms with Crippen LogP contribution in [0.5, 0.6) is 0 Å². The van der Waals surface area contributed by atoms with Crippen molar-refractivity contribution in [2.45, 2.75) is 70.9 Å². The van der Waals surface area contributed by atoms with E-state index in [1.807, 2.05) is 18.9 Å². The minimum atomic E-state index is -0.940. The number of nitrogens with zero attached hydrogens (tertiary/aromatic N) is 1. The summed E-state index contributed by atoms with van der Waals surface area (Å²) in [5, 5.41) is 13.5. The topological polar surface area (TPSA) is 52.6 Å². The van der Waals surface area contributed by atoms with Crippen LogP contribution in [-0.2, 0) is 9.63 Å². The van der Waals surface area contributed by atoms with E-state index in [9.17, 15) is 9.90 Å². The Morgan fingerprint density at radius 2 is 1.72 bits per heavy atom. The molecule has 1 rings (SSSR count). The first-order valence-corrected chi connectivity index (χ1v) is 7.03. The molecule has 106 valence electrons. The summed E-state index contributed by atoms with van der Waals surface area (Å²) in [5.74, 6) is -1.39. The zero-order chi connectivity index (χ0) is 14.0. The van der Waals surface area contributed by atoms with E-state index in [0.717, 1.165) is 25.7 Å². The van der Waals surface area contributed by atoms with Crippen LogP contribution in [0.3, 0.4) is 0 Å². The number of hydrogen-bond donors (Lipinski definition) is 0. The van der Waals surface area contributed by atoms with Crippen LogP contribution in [-0.4, -0.2) is 29.2 Å². The van der Waals surface area contributed by atoms with E-state index in [0.29, 0.717) is 6.42 Å². The summed E-state index contributed by atoms with van der Waals surface area (Å²) < 4.78 is 0. The van der Waals surface area contributed by atoms with E-state index in [-0.39, 0.29) is 5.54 Å². The minimum Gasteiger partial charge on any atom is -0.550 e. The lowest BCUT2D eigenvalue weighted by molar-refractivity contribution is -0.317. The third kappa shape index (κ3) is 1.95. The van der Waals surface area contributed by atoms with Gasteiger partial charge in [0, 0.05) is 17.4 Å². The normalized spacial score (nSPS) is 26.4. The van der Waals surface area contributed by atoms with Gasteiger partial charge in [0.05, 0.1) is 12.6 Å². The van der Waals surface area contributed by atoms with E-state index in [1.165, 1.54) is 0 Å². The van der Waals surface area contributed by atoms with E-state index in [1.54, 1.807) is 7.11 Å². The van der Waals surface area contributed by atoms with Crippen LogP contribution in [0.25, 0.3) is 0 Å². The average Bonchev–Trinajstić information content (AvgIpc) is 2.69. The molecule has 0 amide bonds. The molecule has 4 heteroatoms. The second kappa shape index (κ2) is 5.57. The standard InChI is InChI=1S/C14H27NO3/c1-6-13(7-2)10-11(12(16)17)14(8-3,9-4)15(13)18-5/h11H,6-10H2,1-5H3,(H,16,17)/p-1. The second-order valence-corrected chi connectivity index (χ2v) is 5.29. The Hall–Kier alpha value is -0.610. The summed E-state index contributed by atoms with van der Waals surface area (Å²) in [4.78, 5) is 17.2. The molecule has 1 atom stereocenters. The molecular formula is C14H26NO3-. The molecule has 0 aromatic rings. The molecule has 1 fully saturated rings. The highest BCUT2D eigenvalue weighted by atomic mass is 16.7. The summed E-state index contributed by atoms with van der Waals surface area (Å²) in [5.41, 5.74) is -0.606. The van der Waals surface area contributed by atoms with E-state index >= 15 is 0 Å². The van der Waals surface area contributed by atoms with Crippen molar-refractivity contribution in [3.8, 4) is 0 Å². The molecule has 1 unspecified atom stereocenters. The van der Waals surface area contributed by atoms with Gasteiger partial charge in [0.1, 0.15) is 0 Å². The Balaban J connectivity index is 3.30. The molecule has 0 radical (unpaired) electrons. The van der Waals surface area contributed by atoms with Crippen LogP contribution < -0.4 is 5.11 Å². The lowest BCUT2D eigenvalue weighted by atomic mass is 9.79. The van der Waals surface area contributed by atoms with Crippen molar-refractivity contribution >= 4 is 5.97 Å². The Morgan fingerprint density at radius 3 is 2.00 bits per heavy atom. The van der Waals surface area contributed by atoms with Gasteiger partial charge in [-0.05, 0) is 32.1 Å². The zero-order valence-corrected chi connectivity index (χ0v) is 12.3. The van der Waals surface area contributed by atoms with Gasteiger partial charge in [-0.25, -0.2) is 0 Å². The molecule has 0 spiro atoms. The maximum absolute atomic E-state index is 11.5. The quantitative estimate of drug-likeness (QED) is 0.726. The third-order valence-corrected chi connectivity index (χ3v) is 5.08. The lowest BCUT2D eigenvalue weighted by Gasteiger charge is -2.45. The summed E-state index contributed by atoms with van der Waals surface area (Å²) in [6.45, 7) is 8.27. The largest absolute Gasteiger partial charge is 0.550 e. The van der Waals surface area contributed by atoms with E-state index < -0.39 is 17.4 Å². The molecule has 1 aliphatic rings. The second-order valence-electron chi connectivity index (χ2n) is 5.29. The molecule has 0 aromatic heterocycles. The number of aliphatic carboxylic acids is 1. The first kappa shape index (κ1) is 15.4. The van der Waals surface area contributed by atoms with Crippen molar-refractivity contribution < 1.29 is 14.7 Å². The molecular weight excluding hydrogens is 230 g/mol. The molecule has 1 aliphatic heterocycles. The van der Waals surface area contributed by atoms with Crippen LogP contribution >= 0.6 is 0 Å². The monoisotopic (exact) mass is 256 g/mol. The SMILES string of the molecule is CCC1(CC)CC(C(=O)[O-])C(CC)(CC)N1OC. The fourth-order valence-electron chi connectivity index (χ4n) is 3.80. The Labute approximate surface area is 110 Å². The van der Waals surface area contributed by atoms with Crippen molar-refractivity contribution in [2.75, 3.05) is 7.11 Å². The van der Waals surface area contributed by atoms with Gasteiger partial charge in [-0.15, -0.1) is 0 Å². The molecule has 0 aliphatic carbocycles. The maximum Gasteiger partial charge on any atom is 0.0575 e. The van der Waals surface area contributed by atoms with Crippen LogP contribution in [0, 0.1) is 5.92 Å². The maximum atomic E-state index is 11.5. The summed E-state index contributed by atoms with van der Waals surface area (Å²) in [7, 11) is 1.65. The van der Waals surface area contributed by atoms with Gasteiger partial charge in [-0.1, -0.05) is 27.7 Å². The van der Waals surface area contributed by atoms with Crippen molar-refractivity contribution in [2.24, 2.45) is 5.92 Å². The molecule has 0 saturated carbocycles. The van der Waals surface area contributed by atoms with Gasteiger partial charge in [0.15, 0.2) is 0 Å². The van der Waals surface area contributed by atoms with Crippen molar-refractivity contribution in [1.29, 1.82) is 0 Å². The number of rotatable bonds is 6. The predicted octanol–water partition coefficient (Wildman–Crippen LogP) is 1.74. The molecule has 1 saturated heterocycles. The van der Waals surface area contributed by atoms with Crippen LogP contribution in [0.2, 0.25) is 0 Å². The van der Waals surface area contributed by atoms with Gasteiger partial charge < -0.3 is 14.7 Å². The lowest BCUT2D eigenvalue weighted by Crippen LogP contribution is -2.56. The number of carbonyl (C=O) groups is 1. The number of hydroxylamine groups is 2. The highest BCUT2D eigenvalue weighted by molar-refractivity contribution is 5.70. The van der Waals surface area contributed by atoms with Crippen LogP contribution in [0.15, 0.2) is 0 Å². The highest BCUT2D eigenvalue weighted by Crippen LogP contribution is 2.51. The molecule has 18 heavy (non-hydrogen) atoms. The third-order valence-electron chi connectivity index (χ3n) is 5.08. The van der Waals surface area contributed by atoms with E-state index in [2.05, 4.69) is 13.8 Å². The smallest absolute Gasteiger partial charge is 0.0575 e. The van der Waals surface area contributed by atoms with Crippen molar-refractivity contribution in [1.82, 2.24) is 5.06 Å². The number of carboxylic acids is 1. The number of hydrogen-bond acceptors (Lipinski definition) is 4. The summed E-state index contributed by atoms with van der Waals surface area (Å²) >= 11 is 0. The van der Waals surface area contributed by atoms with Gasteiger partial charge in [0.25, 0.3) is 0 Å². The van der Waals surface area contributed by atoms with Gasteiger partial charge in [-0.2, -0.15) is 5.06 Å². The van der Waals surface area contributed by atoms with Crippen molar-refractivity contribution in [3.05, 3.63) is 0 Å². The average molecular weight is 256 g/mol. The first-order valence-electron chi connectivity index (χ1n) is 7.03. The summed E-state index contributed by atoms with van der Waals surface area (Å²) in [6.07, 6.45) is 3.93. The van der Waals surface area contributed by atoms with E-state index in [4.69, 9.17) is 4.84 Å². The fourth-order valence-corrected chi connectivity index (χ4v) is 3.80. The summed E-state index contributed by atoms with van der Waals surface area (Å²) in [6, 6.07) is 0. The molecule has 0 N–H and O–H groups in total. The molecule has 0 aromatic carbocycles. The highest BCUT2D eigenvalue weighted by Gasteiger charge is 2.58. The zero-order valence-electron chi connectivity index (χ0n) is 12.3. The van der Waals surface area contributed by atoms with Crippen molar-refractivity contribution in [3.63, 3.8) is 0 Å². The number of carboxylic acid groups (broad SMARTS) is 1. The van der Waals surface area contributed by atoms with Gasteiger partial charge in [-0.3, -0.25) is 0 Å². The number of carbonyl (C=O) groups excluding carboxylic acids is 1. The molecule has 1 heterocycles. The Bertz CT molecular complexity index is 295. The van der Waals surface area contributed by atoms with Crippen LogP contribution in [0.4, 0.5) is 0 Å². The van der Waals surface area contributed by atoms with Gasteiger partial charge in [0.2, 0.25) is 0 Å². The Morgan fingerprint density at radius 1 is 1.22 bits per heavy atom. The first-order chi connectivity index (χ1) is 8.47. The molecule has 4 nitrogen and oxygen atoms in total. The predicted molar refractivity (Wildman–Crippen MR) is 68.6 cm³/mol. The molecule has 0 bridgehead atoms. The minimum absolute atomic E-state index is 0.175. The Kier molecular flexibility index (Phi) is 4.78. The fraction of sp³-hybridized carbons (Fsp3) is 0.929. The van der Waals surface area contributed by atoms with Crippen LogP contribution in [0.1, 0.15) is 59.8 Å². The van der Waals surface area contributed by atoms with Gasteiger partial charge >= 0.3 is 0 Å².